The van der Waals surface area contributed by atoms with Crippen LogP contribution in [0.25, 0.3) is 0 Å². The van der Waals surface area contributed by atoms with Crippen molar-refractivity contribution in [3.8, 4) is 0 Å². The Kier molecular flexibility index (Phi) is 8.53. The fraction of sp³-hybridized carbons (Fsp3) is 0.360. The Bertz CT molecular complexity index is 1030. The first-order chi connectivity index (χ1) is 15.4. The third kappa shape index (κ3) is 6.24. The van der Waals surface area contributed by atoms with Crippen molar-refractivity contribution in [1.29, 1.82) is 0 Å². The highest BCUT2D eigenvalue weighted by molar-refractivity contribution is 7.12. The van der Waals surface area contributed by atoms with E-state index < -0.39 is 0 Å². The number of amides is 2. The van der Waals surface area contributed by atoms with Gasteiger partial charge in [-0.2, -0.15) is 0 Å². The van der Waals surface area contributed by atoms with Gasteiger partial charge in [0.05, 0.1) is 11.4 Å². The molecular weight excluding hydrogens is 442 g/mol. The Hall–Kier alpha value is -2.57. The van der Waals surface area contributed by atoms with Crippen LogP contribution in [0.15, 0.2) is 60.1 Å². The maximum absolute atomic E-state index is 13.3. The van der Waals surface area contributed by atoms with E-state index in [1.807, 2.05) is 65.9 Å². The van der Waals surface area contributed by atoms with Crippen LogP contribution in [0, 0.1) is 5.92 Å². The first kappa shape index (κ1) is 24.1. The maximum Gasteiger partial charge on any atom is 0.264 e. The van der Waals surface area contributed by atoms with E-state index in [1.165, 1.54) is 11.3 Å². The number of benzene rings is 1. The molecule has 0 N–H and O–H groups in total. The molecule has 0 saturated heterocycles. The molecule has 0 aliphatic heterocycles. The van der Waals surface area contributed by atoms with Gasteiger partial charge in [-0.3, -0.25) is 9.59 Å². The molecule has 170 valence electrons. The van der Waals surface area contributed by atoms with Crippen LogP contribution in [0.3, 0.4) is 0 Å². The number of carbonyl (C=O) groups is 2. The van der Waals surface area contributed by atoms with Crippen LogP contribution in [-0.2, 0) is 17.9 Å². The molecule has 32 heavy (non-hydrogen) atoms. The first-order valence-corrected chi connectivity index (χ1v) is 12.1. The molecule has 0 aliphatic rings. The first-order valence-electron chi connectivity index (χ1n) is 10.9. The summed E-state index contributed by atoms with van der Waals surface area (Å²) in [5.41, 5.74) is 2.07. The molecule has 3 aromatic rings. The normalized spacial score (nSPS) is 11.0. The predicted molar refractivity (Wildman–Crippen MR) is 131 cm³/mol. The number of thiophene rings is 1. The SMILES string of the molecule is CCN(CC(=O)N(Cc1cccn1Cc1ccccc1Cl)CC(C)C)C(=O)c1cccs1. The van der Waals surface area contributed by atoms with Gasteiger partial charge >= 0.3 is 0 Å². The molecule has 0 saturated carbocycles. The number of halogens is 1. The van der Waals surface area contributed by atoms with E-state index in [-0.39, 0.29) is 18.4 Å². The highest BCUT2D eigenvalue weighted by Crippen LogP contribution is 2.19. The molecular formula is C25H30ClN3O2S. The second kappa shape index (κ2) is 11.3. The second-order valence-corrected chi connectivity index (χ2v) is 9.54. The van der Waals surface area contributed by atoms with Crippen molar-refractivity contribution in [2.24, 2.45) is 5.92 Å². The Balaban J connectivity index is 1.74. The predicted octanol–water partition coefficient (Wildman–Crippen LogP) is 5.40. The number of hydrogen-bond acceptors (Lipinski definition) is 3. The van der Waals surface area contributed by atoms with Crippen molar-refractivity contribution in [3.05, 3.63) is 81.3 Å². The Labute approximate surface area is 199 Å². The minimum absolute atomic E-state index is 0.0454. The lowest BCUT2D eigenvalue weighted by Gasteiger charge is -2.28. The molecule has 0 spiro atoms. The van der Waals surface area contributed by atoms with E-state index in [0.29, 0.717) is 37.0 Å². The molecule has 1 aromatic carbocycles. The summed E-state index contributed by atoms with van der Waals surface area (Å²) in [6.07, 6.45) is 2.01. The van der Waals surface area contributed by atoms with Crippen LogP contribution < -0.4 is 0 Å². The summed E-state index contributed by atoms with van der Waals surface area (Å²) in [4.78, 5) is 30.2. The van der Waals surface area contributed by atoms with Crippen molar-refractivity contribution in [2.75, 3.05) is 19.6 Å². The number of likely N-dealkylation sites (N-methyl/N-ethyl adjacent to an activating group) is 1. The molecule has 0 radical (unpaired) electrons. The standard InChI is InChI=1S/C25H30ClN3O2S/c1-4-27(25(31)23-12-8-14-32-23)18-24(30)29(15-19(2)3)17-21-10-7-13-28(21)16-20-9-5-6-11-22(20)26/h5-14,19H,4,15-18H2,1-3H3. The molecule has 3 rings (SSSR count). The fourth-order valence-electron chi connectivity index (χ4n) is 3.59. The van der Waals surface area contributed by atoms with Gasteiger partial charge in [-0.25, -0.2) is 0 Å². The van der Waals surface area contributed by atoms with E-state index in [9.17, 15) is 9.59 Å². The van der Waals surface area contributed by atoms with E-state index >= 15 is 0 Å². The van der Waals surface area contributed by atoms with Gasteiger partial charge in [0.2, 0.25) is 5.91 Å². The number of nitrogens with zero attached hydrogens (tertiary/aromatic N) is 3. The molecule has 0 atom stereocenters. The molecule has 0 fully saturated rings. The maximum atomic E-state index is 13.3. The van der Waals surface area contributed by atoms with Crippen LogP contribution in [-0.4, -0.2) is 45.8 Å². The van der Waals surface area contributed by atoms with E-state index in [0.717, 1.165) is 16.3 Å². The molecule has 0 unspecified atom stereocenters. The molecule has 0 bridgehead atoms. The average Bonchev–Trinajstić information content (AvgIpc) is 3.45. The Morgan fingerprint density at radius 1 is 1.06 bits per heavy atom. The highest BCUT2D eigenvalue weighted by Gasteiger charge is 2.23. The molecule has 2 heterocycles. The number of rotatable bonds is 10. The van der Waals surface area contributed by atoms with Gasteiger partial charge in [-0.1, -0.05) is 49.7 Å². The van der Waals surface area contributed by atoms with Gasteiger partial charge in [0, 0.05) is 36.5 Å². The van der Waals surface area contributed by atoms with Crippen LogP contribution in [0.2, 0.25) is 5.02 Å². The Morgan fingerprint density at radius 3 is 2.50 bits per heavy atom. The van der Waals surface area contributed by atoms with E-state index in [4.69, 9.17) is 11.6 Å². The van der Waals surface area contributed by atoms with Gasteiger partial charge < -0.3 is 14.4 Å². The van der Waals surface area contributed by atoms with Gasteiger partial charge in [-0.15, -0.1) is 11.3 Å². The zero-order valence-corrected chi connectivity index (χ0v) is 20.4. The van der Waals surface area contributed by atoms with Gasteiger partial charge in [0.15, 0.2) is 0 Å². The summed E-state index contributed by atoms with van der Waals surface area (Å²) in [6.45, 7) is 8.41. The molecule has 0 aliphatic carbocycles. The lowest BCUT2D eigenvalue weighted by atomic mass is 10.2. The van der Waals surface area contributed by atoms with Crippen molar-refractivity contribution in [1.82, 2.24) is 14.4 Å². The topological polar surface area (TPSA) is 45.6 Å². The summed E-state index contributed by atoms with van der Waals surface area (Å²) < 4.78 is 2.12. The summed E-state index contributed by atoms with van der Waals surface area (Å²) in [6, 6.07) is 15.5. The molecule has 5 nitrogen and oxygen atoms in total. The molecule has 2 aromatic heterocycles. The van der Waals surface area contributed by atoms with Gasteiger partial charge in [0.25, 0.3) is 5.91 Å². The van der Waals surface area contributed by atoms with E-state index in [2.05, 4.69) is 18.4 Å². The third-order valence-electron chi connectivity index (χ3n) is 5.24. The largest absolute Gasteiger partial charge is 0.345 e. The van der Waals surface area contributed by atoms with Crippen LogP contribution in [0.4, 0.5) is 0 Å². The minimum Gasteiger partial charge on any atom is -0.345 e. The summed E-state index contributed by atoms with van der Waals surface area (Å²) in [5, 5.41) is 2.61. The monoisotopic (exact) mass is 471 g/mol. The number of hydrogen-bond donors (Lipinski definition) is 0. The average molecular weight is 472 g/mol. The number of aromatic nitrogens is 1. The van der Waals surface area contributed by atoms with E-state index in [1.54, 1.807) is 11.0 Å². The summed E-state index contributed by atoms with van der Waals surface area (Å²) in [7, 11) is 0. The summed E-state index contributed by atoms with van der Waals surface area (Å²) in [5.74, 6) is 0.174. The third-order valence-corrected chi connectivity index (χ3v) is 6.47. The minimum atomic E-state index is -0.0950. The molecule has 7 heteroatoms. The van der Waals surface area contributed by atoms with Crippen LogP contribution in [0.1, 0.15) is 41.7 Å². The zero-order valence-electron chi connectivity index (χ0n) is 18.8. The van der Waals surface area contributed by atoms with Gasteiger partial charge in [-0.05, 0) is 48.1 Å². The second-order valence-electron chi connectivity index (χ2n) is 8.18. The lowest BCUT2D eigenvalue weighted by molar-refractivity contribution is -0.133. The quantitative estimate of drug-likeness (QED) is 0.397. The van der Waals surface area contributed by atoms with Crippen molar-refractivity contribution < 1.29 is 9.59 Å². The Morgan fingerprint density at radius 2 is 1.84 bits per heavy atom. The number of carbonyl (C=O) groups excluding carboxylic acids is 2. The highest BCUT2D eigenvalue weighted by atomic mass is 35.5. The van der Waals surface area contributed by atoms with Crippen LogP contribution >= 0.6 is 22.9 Å². The molecule has 2 amide bonds. The lowest BCUT2D eigenvalue weighted by Crippen LogP contribution is -2.43. The van der Waals surface area contributed by atoms with Gasteiger partial charge in [0.1, 0.15) is 6.54 Å². The zero-order chi connectivity index (χ0) is 23.1. The van der Waals surface area contributed by atoms with Crippen molar-refractivity contribution in [2.45, 2.75) is 33.9 Å². The van der Waals surface area contributed by atoms with Crippen LogP contribution in [0.5, 0.6) is 0 Å². The summed E-state index contributed by atoms with van der Waals surface area (Å²) >= 11 is 7.75. The smallest absolute Gasteiger partial charge is 0.264 e. The van der Waals surface area contributed by atoms with Crippen molar-refractivity contribution >= 4 is 34.8 Å². The fourth-order valence-corrected chi connectivity index (χ4v) is 4.48. The van der Waals surface area contributed by atoms with Crippen molar-refractivity contribution in [3.63, 3.8) is 0 Å².